The van der Waals surface area contributed by atoms with Crippen molar-refractivity contribution in [1.82, 2.24) is 19.1 Å². The van der Waals surface area contributed by atoms with Crippen LogP contribution in [0.4, 0.5) is 0 Å². The highest BCUT2D eigenvalue weighted by Crippen LogP contribution is 2.42. The van der Waals surface area contributed by atoms with Gasteiger partial charge in [0.1, 0.15) is 5.69 Å². The molecule has 0 aliphatic carbocycles. The maximum absolute atomic E-state index is 4.83. The Labute approximate surface area is 219 Å². The summed E-state index contributed by atoms with van der Waals surface area (Å²) in [7, 11) is 0. The van der Waals surface area contributed by atoms with Gasteiger partial charge in [-0.1, -0.05) is 72.8 Å². The Morgan fingerprint density at radius 3 is 1.74 bits per heavy atom. The lowest BCUT2D eigenvalue weighted by molar-refractivity contribution is 1.12. The molecule has 4 aromatic heterocycles. The molecular formula is C34H22N4. The maximum Gasteiger partial charge on any atom is 0.113 e. The molecule has 0 aliphatic rings. The van der Waals surface area contributed by atoms with Crippen molar-refractivity contribution in [1.29, 1.82) is 0 Å². The lowest BCUT2D eigenvalue weighted by atomic mass is 10.1. The molecule has 8 rings (SSSR count). The lowest BCUT2D eigenvalue weighted by Gasteiger charge is -2.14. The van der Waals surface area contributed by atoms with Crippen LogP contribution in [0.2, 0.25) is 0 Å². The maximum atomic E-state index is 4.83. The van der Waals surface area contributed by atoms with Gasteiger partial charge in [0.2, 0.25) is 0 Å². The number of hydrogen-bond acceptors (Lipinski definition) is 2. The molecule has 4 heterocycles. The molecule has 0 radical (unpaired) electrons. The molecule has 0 saturated carbocycles. The van der Waals surface area contributed by atoms with E-state index in [4.69, 9.17) is 4.98 Å². The van der Waals surface area contributed by atoms with E-state index >= 15 is 0 Å². The number of benzene rings is 4. The van der Waals surface area contributed by atoms with Crippen molar-refractivity contribution in [2.24, 2.45) is 0 Å². The lowest BCUT2D eigenvalue weighted by Crippen LogP contribution is -2.02. The molecule has 0 unspecified atom stereocenters. The minimum Gasteiger partial charge on any atom is -0.307 e. The molecule has 8 aromatic rings. The zero-order valence-corrected chi connectivity index (χ0v) is 20.5. The van der Waals surface area contributed by atoms with Crippen LogP contribution >= 0.6 is 0 Å². The highest BCUT2D eigenvalue weighted by molar-refractivity contribution is 6.23. The van der Waals surface area contributed by atoms with Crippen LogP contribution in [0.25, 0.3) is 66.4 Å². The van der Waals surface area contributed by atoms with E-state index in [1.165, 1.54) is 32.6 Å². The molecule has 0 atom stereocenters. The van der Waals surface area contributed by atoms with Crippen molar-refractivity contribution in [2.75, 3.05) is 0 Å². The largest absolute Gasteiger partial charge is 0.307 e. The summed E-state index contributed by atoms with van der Waals surface area (Å²) in [5, 5.41) is 4.89. The van der Waals surface area contributed by atoms with Gasteiger partial charge in [-0.05, 0) is 48.5 Å². The second-order valence-corrected chi connectivity index (χ2v) is 9.48. The molecule has 0 spiro atoms. The van der Waals surface area contributed by atoms with E-state index in [9.17, 15) is 0 Å². The average Bonchev–Trinajstić information content (AvgIpc) is 3.51. The Balaban J connectivity index is 1.63. The van der Waals surface area contributed by atoms with E-state index in [2.05, 4.69) is 111 Å². The number of para-hydroxylation sites is 3. The van der Waals surface area contributed by atoms with E-state index in [-0.39, 0.29) is 0 Å². The summed E-state index contributed by atoms with van der Waals surface area (Å²) < 4.78 is 4.78. The van der Waals surface area contributed by atoms with Gasteiger partial charge in [0.05, 0.1) is 33.4 Å². The second kappa shape index (κ2) is 8.15. The first-order valence-electron chi connectivity index (χ1n) is 12.8. The summed E-state index contributed by atoms with van der Waals surface area (Å²) in [5.41, 5.74) is 8.53. The van der Waals surface area contributed by atoms with Crippen LogP contribution in [0.3, 0.4) is 0 Å². The number of aromatic nitrogens is 4. The molecule has 178 valence electrons. The number of hydrogen-bond donors (Lipinski definition) is 0. The molecule has 38 heavy (non-hydrogen) atoms. The van der Waals surface area contributed by atoms with Crippen LogP contribution in [0.15, 0.2) is 134 Å². The van der Waals surface area contributed by atoms with Crippen molar-refractivity contribution >= 4 is 43.6 Å². The topological polar surface area (TPSA) is 35.6 Å². The zero-order chi connectivity index (χ0) is 25.1. The SMILES string of the molecule is c1ccc(-n2c3ccccc3c3ccc4c5ccccc5n(-c5cccnc5-c5ccccn5)c4c32)cc1. The van der Waals surface area contributed by atoms with E-state index in [1.807, 2.05) is 36.7 Å². The molecule has 4 aromatic carbocycles. The Kier molecular flexibility index (Phi) is 4.49. The third kappa shape index (κ3) is 2.91. The van der Waals surface area contributed by atoms with Crippen molar-refractivity contribution < 1.29 is 0 Å². The molecular weight excluding hydrogens is 464 g/mol. The predicted octanol–water partition coefficient (Wildman–Crippen LogP) is 8.34. The molecule has 4 nitrogen and oxygen atoms in total. The second-order valence-electron chi connectivity index (χ2n) is 9.48. The van der Waals surface area contributed by atoms with Gasteiger partial charge in [0.15, 0.2) is 0 Å². The Bertz CT molecular complexity index is 2120. The van der Waals surface area contributed by atoms with Crippen LogP contribution in [0.5, 0.6) is 0 Å². The van der Waals surface area contributed by atoms with Crippen molar-refractivity contribution in [3.8, 4) is 22.8 Å². The third-order valence-electron chi connectivity index (χ3n) is 7.42. The highest BCUT2D eigenvalue weighted by atomic mass is 15.1. The smallest absolute Gasteiger partial charge is 0.113 e. The summed E-state index contributed by atoms with van der Waals surface area (Å²) in [6, 6.07) is 42.6. The summed E-state index contributed by atoms with van der Waals surface area (Å²) in [5.74, 6) is 0. The fourth-order valence-corrected chi connectivity index (χ4v) is 5.87. The first kappa shape index (κ1) is 20.9. The van der Waals surface area contributed by atoms with E-state index in [0.717, 1.165) is 33.8 Å². The third-order valence-corrected chi connectivity index (χ3v) is 7.42. The number of fused-ring (bicyclic) bond motifs is 7. The summed E-state index contributed by atoms with van der Waals surface area (Å²) in [6.07, 6.45) is 3.67. The van der Waals surface area contributed by atoms with Gasteiger partial charge >= 0.3 is 0 Å². The quantitative estimate of drug-likeness (QED) is 0.252. The number of nitrogens with zero attached hydrogens (tertiary/aromatic N) is 4. The molecule has 0 bridgehead atoms. The average molecular weight is 487 g/mol. The van der Waals surface area contributed by atoms with Crippen LogP contribution < -0.4 is 0 Å². The monoisotopic (exact) mass is 486 g/mol. The van der Waals surface area contributed by atoms with Gasteiger partial charge in [-0.3, -0.25) is 9.97 Å². The van der Waals surface area contributed by atoms with Gasteiger partial charge in [0, 0.05) is 39.6 Å². The normalized spacial score (nSPS) is 11.7. The van der Waals surface area contributed by atoms with E-state index in [0.29, 0.717) is 0 Å². The Morgan fingerprint density at radius 2 is 1.03 bits per heavy atom. The van der Waals surface area contributed by atoms with Crippen LogP contribution in [0, 0.1) is 0 Å². The Morgan fingerprint density at radius 1 is 0.421 bits per heavy atom. The van der Waals surface area contributed by atoms with Crippen molar-refractivity contribution in [3.63, 3.8) is 0 Å². The van der Waals surface area contributed by atoms with Crippen LogP contribution in [0.1, 0.15) is 0 Å². The first-order chi connectivity index (χ1) is 18.9. The van der Waals surface area contributed by atoms with E-state index in [1.54, 1.807) is 0 Å². The summed E-state index contributed by atoms with van der Waals surface area (Å²) in [6.45, 7) is 0. The standard InChI is InChI=1S/C34H22N4/c1-2-11-23(12-3-1)37-29-16-6-4-13-24(29)26-19-20-27-25-14-5-7-17-30(25)38(34(27)33(26)37)31-18-10-22-36-32(31)28-15-8-9-21-35-28/h1-22H. The molecule has 0 aliphatic heterocycles. The van der Waals surface area contributed by atoms with Crippen LogP contribution in [-0.4, -0.2) is 19.1 Å². The van der Waals surface area contributed by atoms with Gasteiger partial charge in [-0.15, -0.1) is 0 Å². The molecule has 4 heteroatoms. The van der Waals surface area contributed by atoms with Gasteiger partial charge in [-0.2, -0.15) is 0 Å². The fourth-order valence-electron chi connectivity index (χ4n) is 5.87. The van der Waals surface area contributed by atoms with Crippen molar-refractivity contribution in [2.45, 2.75) is 0 Å². The van der Waals surface area contributed by atoms with Crippen LogP contribution in [-0.2, 0) is 0 Å². The fraction of sp³-hybridized carbons (Fsp3) is 0. The Hall–Kier alpha value is -5.22. The minimum atomic E-state index is 0.852. The van der Waals surface area contributed by atoms with Gasteiger partial charge < -0.3 is 9.13 Å². The number of pyridine rings is 2. The molecule has 0 N–H and O–H groups in total. The summed E-state index contributed by atoms with van der Waals surface area (Å²) >= 11 is 0. The molecule has 0 amide bonds. The summed E-state index contributed by atoms with van der Waals surface area (Å²) in [4.78, 5) is 9.49. The van der Waals surface area contributed by atoms with Gasteiger partial charge in [-0.25, -0.2) is 0 Å². The highest BCUT2D eigenvalue weighted by Gasteiger charge is 2.22. The molecule has 0 fully saturated rings. The van der Waals surface area contributed by atoms with Gasteiger partial charge in [0.25, 0.3) is 0 Å². The molecule has 0 saturated heterocycles. The minimum absolute atomic E-state index is 0.852. The van der Waals surface area contributed by atoms with Crippen molar-refractivity contribution in [3.05, 3.63) is 134 Å². The predicted molar refractivity (Wildman–Crippen MR) is 156 cm³/mol. The first-order valence-corrected chi connectivity index (χ1v) is 12.8. The van der Waals surface area contributed by atoms with E-state index < -0.39 is 0 Å². The number of rotatable bonds is 3. The zero-order valence-electron chi connectivity index (χ0n) is 20.5.